The summed E-state index contributed by atoms with van der Waals surface area (Å²) in [5.41, 5.74) is 1.49. The third-order valence-corrected chi connectivity index (χ3v) is 7.72. The first kappa shape index (κ1) is 24.3. The van der Waals surface area contributed by atoms with Crippen LogP contribution in [-0.2, 0) is 21.2 Å². The topological polar surface area (TPSA) is 98.1 Å². The van der Waals surface area contributed by atoms with Gasteiger partial charge in [-0.25, -0.2) is 13.4 Å². The summed E-state index contributed by atoms with van der Waals surface area (Å²) in [7, 11) is -4.08. The van der Waals surface area contributed by atoms with Crippen molar-refractivity contribution in [3.63, 3.8) is 0 Å². The van der Waals surface area contributed by atoms with Crippen LogP contribution in [0.2, 0.25) is 0 Å². The fourth-order valence-electron chi connectivity index (χ4n) is 3.96. The quantitative estimate of drug-likeness (QED) is 0.405. The van der Waals surface area contributed by atoms with E-state index in [1.165, 1.54) is 28.5 Å². The van der Waals surface area contributed by atoms with Gasteiger partial charge in [0.15, 0.2) is 0 Å². The van der Waals surface area contributed by atoms with Crippen LogP contribution >= 0.6 is 0 Å². The maximum absolute atomic E-state index is 13.3. The molecule has 2 heterocycles. The standard InChI is InChI=1S/C27H27N3O4S/c1-19(21-9-5-3-6-10-21)15-16-28-25(31)18-30-17-24(35(33,34)22-11-7-4-8-12-22)26(32)23-14-13-20(2)29-27(23)30/h3-14,17,19H,15-16,18H2,1-2H3,(H,28,31)/t19-/m1/s1. The highest BCUT2D eigenvalue weighted by atomic mass is 32.2. The first-order valence-electron chi connectivity index (χ1n) is 11.4. The van der Waals surface area contributed by atoms with Crippen LogP contribution in [0.5, 0.6) is 0 Å². The second-order valence-corrected chi connectivity index (χ2v) is 10.5. The van der Waals surface area contributed by atoms with E-state index in [-0.39, 0.29) is 39.2 Å². The molecule has 0 fully saturated rings. The van der Waals surface area contributed by atoms with Crippen molar-refractivity contribution in [1.82, 2.24) is 14.9 Å². The second kappa shape index (κ2) is 10.2. The minimum absolute atomic E-state index is 0.0161. The maximum atomic E-state index is 13.3. The lowest BCUT2D eigenvalue weighted by Gasteiger charge is -2.15. The van der Waals surface area contributed by atoms with Crippen molar-refractivity contribution in [1.29, 1.82) is 0 Å². The van der Waals surface area contributed by atoms with E-state index in [0.717, 1.165) is 6.42 Å². The fourth-order valence-corrected chi connectivity index (χ4v) is 5.35. The molecule has 0 spiro atoms. The van der Waals surface area contributed by atoms with Crippen molar-refractivity contribution >= 4 is 26.8 Å². The number of amides is 1. The largest absolute Gasteiger partial charge is 0.355 e. The monoisotopic (exact) mass is 489 g/mol. The summed E-state index contributed by atoms with van der Waals surface area (Å²) in [5.74, 6) is -0.0155. The normalized spacial score (nSPS) is 12.4. The molecule has 180 valence electrons. The number of hydrogen-bond donors (Lipinski definition) is 1. The van der Waals surface area contributed by atoms with Crippen LogP contribution in [0.15, 0.2) is 93.6 Å². The van der Waals surface area contributed by atoms with Crippen LogP contribution in [0.4, 0.5) is 0 Å². The molecule has 0 unspecified atom stereocenters. The van der Waals surface area contributed by atoms with Crippen molar-refractivity contribution in [2.24, 2.45) is 0 Å². The van der Waals surface area contributed by atoms with E-state index in [4.69, 9.17) is 0 Å². The molecule has 0 saturated carbocycles. The Morgan fingerprint density at radius 3 is 2.34 bits per heavy atom. The molecule has 0 aliphatic heterocycles. The third kappa shape index (κ3) is 5.33. The summed E-state index contributed by atoms with van der Waals surface area (Å²) < 4.78 is 27.9. The molecule has 4 rings (SSSR count). The number of pyridine rings is 2. The minimum Gasteiger partial charge on any atom is -0.355 e. The molecule has 1 N–H and O–H groups in total. The number of aromatic nitrogens is 2. The van der Waals surface area contributed by atoms with Crippen molar-refractivity contribution < 1.29 is 13.2 Å². The van der Waals surface area contributed by atoms with Crippen LogP contribution in [0.3, 0.4) is 0 Å². The van der Waals surface area contributed by atoms with Crippen molar-refractivity contribution in [2.75, 3.05) is 6.54 Å². The number of carbonyl (C=O) groups is 1. The lowest BCUT2D eigenvalue weighted by atomic mass is 9.98. The van der Waals surface area contributed by atoms with E-state index in [9.17, 15) is 18.0 Å². The molecule has 7 nitrogen and oxygen atoms in total. The Labute approximate surface area is 204 Å². The molecule has 2 aromatic carbocycles. The first-order valence-corrected chi connectivity index (χ1v) is 12.9. The van der Waals surface area contributed by atoms with Gasteiger partial charge in [0.05, 0.1) is 10.3 Å². The van der Waals surface area contributed by atoms with Crippen LogP contribution in [-0.4, -0.2) is 30.4 Å². The van der Waals surface area contributed by atoms with E-state index in [0.29, 0.717) is 12.2 Å². The Kier molecular flexibility index (Phi) is 7.12. The van der Waals surface area contributed by atoms with Gasteiger partial charge in [-0.1, -0.05) is 55.5 Å². The molecular weight excluding hydrogens is 462 g/mol. The number of nitrogens with one attached hydrogen (secondary N) is 1. The molecule has 0 saturated heterocycles. The fraction of sp³-hybridized carbons (Fsp3) is 0.222. The zero-order valence-electron chi connectivity index (χ0n) is 19.6. The molecule has 1 atom stereocenters. The molecule has 1 amide bonds. The molecule has 0 bridgehead atoms. The number of sulfone groups is 1. The lowest BCUT2D eigenvalue weighted by molar-refractivity contribution is -0.121. The van der Waals surface area contributed by atoms with E-state index < -0.39 is 15.3 Å². The van der Waals surface area contributed by atoms with Gasteiger partial charge in [-0.15, -0.1) is 0 Å². The molecule has 0 radical (unpaired) electrons. The Morgan fingerprint density at radius 2 is 1.66 bits per heavy atom. The van der Waals surface area contributed by atoms with Crippen molar-refractivity contribution in [3.8, 4) is 0 Å². The number of hydrogen-bond acceptors (Lipinski definition) is 5. The van der Waals surface area contributed by atoms with Gasteiger partial charge in [-0.2, -0.15) is 0 Å². The average molecular weight is 490 g/mol. The molecule has 0 aliphatic carbocycles. The first-order chi connectivity index (χ1) is 16.8. The van der Waals surface area contributed by atoms with Crippen LogP contribution in [0, 0.1) is 6.92 Å². The minimum atomic E-state index is -4.08. The number of fused-ring (bicyclic) bond motifs is 1. The SMILES string of the molecule is Cc1ccc2c(=O)c(S(=O)(=O)c3ccccc3)cn(CC(=O)NCC[C@@H](C)c3ccccc3)c2n1. The summed E-state index contributed by atoms with van der Waals surface area (Å²) in [5, 5.41) is 3.05. The predicted octanol–water partition coefficient (Wildman–Crippen LogP) is 3.85. The Hall–Kier alpha value is -3.78. The lowest BCUT2D eigenvalue weighted by Crippen LogP contribution is -2.30. The van der Waals surface area contributed by atoms with Gasteiger partial charge in [0.25, 0.3) is 0 Å². The van der Waals surface area contributed by atoms with Crippen LogP contribution in [0.1, 0.15) is 30.5 Å². The van der Waals surface area contributed by atoms with Gasteiger partial charge < -0.3 is 9.88 Å². The number of benzene rings is 2. The van der Waals surface area contributed by atoms with Crippen LogP contribution in [0.25, 0.3) is 11.0 Å². The van der Waals surface area contributed by atoms with E-state index in [1.54, 1.807) is 37.3 Å². The molecular formula is C27H27N3O4S. The van der Waals surface area contributed by atoms with Crippen molar-refractivity contribution in [2.45, 2.75) is 42.5 Å². The van der Waals surface area contributed by atoms with Gasteiger partial charge in [-0.05, 0) is 49.1 Å². The van der Waals surface area contributed by atoms with E-state index in [1.807, 2.05) is 18.2 Å². The molecule has 4 aromatic rings. The second-order valence-electron chi connectivity index (χ2n) is 8.54. The molecule has 2 aromatic heterocycles. The van der Waals surface area contributed by atoms with E-state index in [2.05, 4.69) is 29.4 Å². The molecule has 0 aliphatic rings. The summed E-state index contributed by atoms with van der Waals surface area (Å²) in [6, 6.07) is 21.0. The van der Waals surface area contributed by atoms with Gasteiger partial charge in [0.2, 0.25) is 21.2 Å². The van der Waals surface area contributed by atoms with Gasteiger partial charge >= 0.3 is 0 Å². The number of aryl methyl sites for hydroxylation is 1. The zero-order chi connectivity index (χ0) is 25.0. The molecule has 8 heteroatoms. The average Bonchev–Trinajstić information content (AvgIpc) is 2.86. The van der Waals surface area contributed by atoms with Crippen LogP contribution < -0.4 is 10.7 Å². The number of nitrogens with zero attached hydrogens (tertiary/aromatic N) is 2. The number of rotatable bonds is 8. The highest BCUT2D eigenvalue weighted by Gasteiger charge is 2.24. The number of carbonyl (C=O) groups excluding carboxylic acids is 1. The highest BCUT2D eigenvalue weighted by molar-refractivity contribution is 7.91. The zero-order valence-corrected chi connectivity index (χ0v) is 20.5. The Morgan fingerprint density at radius 1 is 1.00 bits per heavy atom. The predicted molar refractivity (Wildman–Crippen MR) is 135 cm³/mol. The molecule has 35 heavy (non-hydrogen) atoms. The Balaban J connectivity index is 1.61. The maximum Gasteiger partial charge on any atom is 0.239 e. The third-order valence-electron chi connectivity index (χ3n) is 5.95. The highest BCUT2D eigenvalue weighted by Crippen LogP contribution is 2.21. The van der Waals surface area contributed by atoms with Gasteiger partial charge in [0.1, 0.15) is 17.1 Å². The van der Waals surface area contributed by atoms with E-state index >= 15 is 0 Å². The summed E-state index contributed by atoms with van der Waals surface area (Å²) in [4.78, 5) is 30.0. The smallest absolute Gasteiger partial charge is 0.239 e. The summed E-state index contributed by atoms with van der Waals surface area (Å²) in [6.45, 7) is 4.18. The van der Waals surface area contributed by atoms with Gasteiger partial charge in [0, 0.05) is 18.4 Å². The Bertz CT molecular complexity index is 1520. The van der Waals surface area contributed by atoms with Crippen molar-refractivity contribution in [3.05, 3.63) is 100 Å². The summed E-state index contributed by atoms with van der Waals surface area (Å²) >= 11 is 0. The van der Waals surface area contributed by atoms with Gasteiger partial charge in [-0.3, -0.25) is 9.59 Å². The summed E-state index contributed by atoms with van der Waals surface area (Å²) in [6.07, 6.45) is 1.98.